The first-order valence-electron chi connectivity index (χ1n) is 6.77. The highest BCUT2D eigenvalue weighted by molar-refractivity contribution is 5.83. The fraction of sp³-hybridized carbons (Fsp3) is 0.400. The van der Waals surface area contributed by atoms with Gasteiger partial charge in [0.2, 0.25) is 0 Å². The second-order valence-electron chi connectivity index (χ2n) is 5.43. The fourth-order valence-corrected chi connectivity index (χ4v) is 2.71. The largest absolute Gasteiger partial charge is 0.399 e. The Balaban J connectivity index is 1.76. The summed E-state index contributed by atoms with van der Waals surface area (Å²) in [7, 11) is 0. The molecule has 4 N–H and O–H groups in total. The highest BCUT2D eigenvalue weighted by Crippen LogP contribution is 2.29. The maximum Gasteiger partial charge on any atom is 0.126 e. The van der Waals surface area contributed by atoms with Gasteiger partial charge in [0.05, 0.1) is 11.1 Å². The molecule has 1 aromatic heterocycles. The molecule has 1 fully saturated rings. The first kappa shape index (κ1) is 12.2. The molecular formula is C15H19N3O. The predicted octanol–water partition coefficient (Wildman–Crippen LogP) is 2.53. The molecule has 1 heterocycles. The van der Waals surface area contributed by atoms with Gasteiger partial charge in [0, 0.05) is 17.6 Å². The topological polar surface area (TPSA) is 71.2 Å². The van der Waals surface area contributed by atoms with Crippen LogP contribution in [0.15, 0.2) is 30.3 Å². The van der Waals surface area contributed by atoms with Crippen LogP contribution in [0.1, 0.15) is 25.7 Å². The summed E-state index contributed by atoms with van der Waals surface area (Å²) in [5, 5.41) is 14.6. The highest BCUT2D eigenvalue weighted by atomic mass is 16.3. The number of nitrogen functional groups attached to an aromatic ring is 1. The number of nitrogens with zero attached hydrogens (tertiary/aromatic N) is 1. The lowest BCUT2D eigenvalue weighted by atomic mass is 10.0. The molecular weight excluding hydrogens is 238 g/mol. The van der Waals surface area contributed by atoms with Crippen LogP contribution < -0.4 is 11.1 Å². The quantitative estimate of drug-likeness (QED) is 0.739. The third kappa shape index (κ3) is 2.63. The molecule has 0 bridgehead atoms. The molecule has 0 amide bonds. The van der Waals surface area contributed by atoms with E-state index in [2.05, 4.69) is 10.3 Å². The molecule has 0 aliphatic heterocycles. The second kappa shape index (κ2) is 4.70. The second-order valence-corrected chi connectivity index (χ2v) is 5.43. The molecule has 4 heteroatoms. The number of rotatable bonds is 3. The standard InChI is InChI=1S/C15H19N3O/c16-12-4-5-13-11(9-12)3-6-14(18-13)17-10-15(19)7-1-2-8-15/h3-6,9,19H,1-2,7-8,10,16H2,(H,17,18). The van der Waals surface area contributed by atoms with Crippen molar-refractivity contribution in [1.29, 1.82) is 0 Å². The smallest absolute Gasteiger partial charge is 0.126 e. The summed E-state index contributed by atoms with van der Waals surface area (Å²) in [5.74, 6) is 0.803. The lowest BCUT2D eigenvalue weighted by Gasteiger charge is -2.22. The lowest BCUT2D eigenvalue weighted by molar-refractivity contribution is 0.0614. The summed E-state index contributed by atoms with van der Waals surface area (Å²) in [5.41, 5.74) is 6.85. The molecule has 1 saturated carbocycles. The Hall–Kier alpha value is -1.81. The SMILES string of the molecule is Nc1ccc2nc(NCC3(O)CCCC3)ccc2c1. The van der Waals surface area contributed by atoms with E-state index < -0.39 is 5.60 Å². The van der Waals surface area contributed by atoms with Gasteiger partial charge in [-0.1, -0.05) is 12.8 Å². The van der Waals surface area contributed by atoms with Crippen LogP contribution in [-0.4, -0.2) is 22.2 Å². The molecule has 0 unspecified atom stereocenters. The van der Waals surface area contributed by atoms with Crippen molar-refractivity contribution in [2.75, 3.05) is 17.6 Å². The van der Waals surface area contributed by atoms with Crippen LogP contribution in [0.5, 0.6) is 0 Å². The van der Waals surface area contributed by atoms with Crippen molar-refractivity contribution in [3.05, 3.63) is 30.3 Å². The van der Waals surface area contributed by atoms with E-state index in [-0.39, 0.29) is 0 Å². The van der Waals surface area contributed by atoms with Gasteiger partial charge in [-0.2, -0.15) is 0 Å². The number of aromatic nitrogens is 1. The Morgan fingerprint density at radius 2 is 2.00 bits per heavy atom. The number of hydrogen-bond donors (Lipinski definition) is 3. The molecule has 3 rings (SSSR count). The molecule has 2 aromatic rings. The van der Waals surface area contributed by atoms with E-state index in [9.17, 15) is 5.11 Å². The molecule has 19 heavy (non-hydrogen) atoms. The zero-order chi connectivity index (χ0) is 13.3. The van der Waals surface area contributed by atoms with Crippen LogP contribution in [0.2, 0.25) is 0 Å². The molecule has 0 radical (unpaired) electrons. The van der Waals surface area contributed by atoms with Crippen molar-refractivity contribution in [1.82, 2.24) is 4.98 Å². The highest BCUT2D eigenvalue weighted by Gasteiger charge is 2.30. The van der Waals surface area contributed by atoms with E-state index in [1.165, 1.54) is 0 Å². The van der Waals surface area contributed by atoms with E-state index in [1.807, 2.05) is 30.3 Å². The number of benzene rings is 1. The minimum atomic E-state index is -0.558. The number of anilines is 2. The van der Waals surface area contributed by atoms with Crippen LogP contribution in [-0.2, 0) is 0 Å². The molecule has 0 saturated heterocycles. The molecule has 100 valence electrons. The third-order valence-corrected chi connectivity index (χ3v) is 3.85. The van der Waals surface area contributed by atoms with Crippen LogP contribution in [0.4, 0.5) is 11.5 Å². The monoisotopic (exact) mass is 257 g/mol. The van der Waals surface area contributed by atoms with Gasteiger partial charge in [0.1, 0.15) is 5.82 Å². The van der Waals surface area contributed by atoms with Crippen LogP contribution in [0.25, 0.3) is 10.9 Å². The van der Waals surface area contributed by atoms with Crippen LogP contribution >= 0.6 is 0 Å². The number of nitrogens with two attached hydrogens (primary N) is 1. The van der Waals surface area contributed by atoms with Gasteiger partial charge >= 0.3 is 0 Å². The fourth-order valence-electron chi connectivity index (χ4n) is 2.71. The normalized spacial score (nSPS) is 17.7. The molecule has 1 aliphatic carbocycles. The zero-order valence-corrected chi connectivity index (χ0v) is 10.9. The Kier molecular flexibility index (Phi) is 3.03. The van der Waals surface area contributed by atoms with Crippen LogP contribution in [0.3, 0.4) is 0 Å². The minimum Gasteiger partial charge on any atom is -0.399 e. The van der Waals surface area contributed by atoms with Crippen molar-refractivity contribution in [2.24, 2.45) is 0 Å². The van der Waals surface area contributed by atoms with Crippen molar-refractivity contribution in [3.8, 4) is 0 Å². The minimum absolute atomic E-state index is 0.558. The number of nitrogens with one attached hydrogen (secondary N) is 1. The summed E-state index contributed by atoms with van der Waals surface area (Å²) < 4.78 is 0. The lowest BCUT2D eigenvalue weighted by Crippen LogP contribution is -2.33. The van der Waals surface area contributed by atoms with Gasteiger partial charge in [-0.05, 0) is 43.2 Å². The zero-order valence-electron chi connectivity index (χ0n) is 10.9. The van der Waals surface area contributed by atoms with Gasteiger partial charge in [0.15, 0.2) is 0 Å². The molecule has 4 nitrogen and oxygen atoms in total. The molecule has 0 atom stereocenters. The van der Waals surface area contributed by atoms with Crippen molar-refractivity contribution in [3.63, 3.8) is 0 Å². The van der Waals surface area contributed by atoms with E-state index in [0.29, 0.717) is 6.54 Å². The number of pyridine rings is 1. The number of fused-ring (bicyclic) bond motifs is 1. The maximum atomic E-state index is 10.3. The number of aliphatic hydroxyl groups is 1. The van der Waals surface area contributed by atoms with Gasteiger partial charge in [-0.3, -0.25) is 0 Å². The summed E-state index contributed by atoms with van der Waals surface area (Å²) in [6, 6.07) is 9.61. The first-order chi connectivity index (χ1) is 9.15. The Bertz CT molecular complexity index is 591. The summed E-state index contributed by atoms with van der Waals surface area (Å²) in [6.07, 6.45) is 3.99. The molecule has 1 aliphatic rings. The summed E-state index contributed by atoms with van der Waals surface area (Å²) >= 11 is 0. The van der Waals surface area contributed by atoms with E-state index in [1.54, 1.807) is 0 Å². The van der Waals surface area contributed by atoms with Crippen molar-refractivity contribution >= 4 is 22.4 Å². The Morgan fingerprint density at radius 3 is 2.79 bits per heavy atom. The average molecular weight is 257 g/mol. The third-order valence-electron chi connectivity index (χ3n) is 3.85. The molecule has 1 aromatic carbocycles. The number of hydrogen-bond acceptors (Lipinski definition) is 4. The van der Waals surface area contributed by atoms with Crippen LogP contribution in [0, 0.1) is 0 Å². The first-order valence-corrected chi connectivity index (χ1v) is 6.77. The van der Waals surface area contributed by atoms with E-state index in [4.69, 9.17) is 5.73 Å². The molecule has 0 spiro atoms. The van der Waals surface area contributed by atoms with E-state index in [0.717, 1.165) is 48.1 Å². The van der Waals surface area contributed by atoms with Crippen molar-refractivity contribution in [2.45, 2.75) is 31.3 Å². The summed E-state index contributed by atoms with van der Waals surface area (Å²) in [6.45, 7) is 0.570. The Labute approximate surface area is 112 Å². The Morgan fingerprint density at radius 1 is 1.21 bits per heavy atom. The summed E-state index contributed by atoms with van der Waals surface area (Å²) in [4.78, 5) is 4.53. The van der Waals surface area contributed by atoms with Gasteiger partial charge in [-0.25, -0.2) is 4.98 Å². The van der Waals surface area contributed by atoms with E-state index >= 15 is 0 Å². The van der Waals surface area contributed by atoms with Gasteiger partial charge in [0.25, 0.3) is 0 Å². The van der Waals surface area contributed by atoms with Gasteiger partial charge in [-0.15, -0.1) is 0 Å². The predicted molar refractivity (Wildman–Crippen MR) is 78.1 cm³/mol. The average Bonchev–Trinajstić information content (AvgIpc) is 2.84. The van der Waals surface area contributed by atoms with Crippen molar-refractivity contribution < 1.29 is 5.11 Å². The van der Waals surface area contributed by atoms with Gasteiger partial charge < -0.3 is 16.2 Å². The maximum absolute atomic E-state index is 10.3.